The Morgan fingerprint density at radius 1 is 1.10 bits per heavy atom. The highest BCUT2D eigenvalue weighted by atomic mass is 35.6. The molecular weight excluding hydrogens is 533 g/mol. The van der Waals surface area contributed by atoms with E-state index in [1.807, 2.05) is 0 Å². The van der Waals surface area contributed by atoms with Gasteiger partial charge in [0.15, 0.2) is 11.9 Å². The van der Waals surface area contributed by atoms with Crippen LogP contribution in [0.4, 0.5) is 0 Å². The number of esters is 1. The lowest BCUT2D eigenvalue weighted by Crippen LogP contribution is -2.70. The maximum atomic E-state index is 12.3. The van der Waals surface area contributed by atoms with Gasteiger partial charge in [0.1, 0.15) is 18.2 Å². The standard InChI is InChI=1S/C15H18Cl6N2O7/c1-5(24)27-9-7(23-12(25)15(19,20)21)10(29-11(22)14(16,17)18)28-6-4-26-13(2,3)30-8(6)9/h6-10,22H,4H2,1-3H3,(H,23,25)/t6-,7-,8-,9-,10?/m1/s1. The zero-order valence-electron chi connectivity index (χ0n) is 15.7. The first-order valence-electron chi connectivity index (χ1n) is 8.36. The molecule has 5 atom stereocenters. The van der Waals surface area contributed by atoms with Crippen molar-refractivity contribution in [2.45, 2.75) is 64.8 Å². The second kappa shape index (κ2) is 9.49. The van der Waals surface area contributed by atoms with Gasteiger partial charge in [-0.2, -0.15) is 0 Å². The van der Waals surface area contributed by atoms with Crippen LogP contribution in [0.15, 0.2) is 0 Å². The largest absolute Gasteiger partial charge is 0.457 e. The van der Waals surface area contributed by atoms with E-state index in [1.54, 1.807) is 13.8 Å². The molecule has 0 bridgehead atoms. The fourth-order valence-electron chi connectivity index (χ4n) is 2.83. The van der Waals surface area contributed by atoms with Crippen LogP contribution in [0.2, 0.25) is 0 Å². The summed E-state index contributed by atoms with van der Waals surface area (Å²) in [5, 5.41) is 10.2. The summed E-state index contributed by atoms with van der Waals surface area (Å²) in [6.07, 6.45) is -4.39. The number of hydrogen-bond donors (Lipinski definition) is 2. The number of halogens is 6. The maximum absolute atomic E-state index is 12.3. The van der Waals surface area contributed by atoms with E-state index in [-0.39, 0.29) is 6.61 Å². The third-order valence-electron chi connectivity index (χ3n) is 4.01. The summed E-state index contributed by atoms with van der Waals surface area (Å²) < 4.78 is 23.3. The Morgan fingerprint density at radius 3 is 2.20 bits per heavy atom. The molecular formula is C15H18Cl6N2O7. The van der Waals surface area contributed by atoms with Crippen LogP contribution >= 0.6 is 69.6 Å². The molecule has 0 aromatic carbocycles. The van der Waals surface area contributed by atoms with Gasteiger partial charge < -0.3 is 29.0 Å². The topological polar surface area (TPSA) is 116 Å². The summed E-state index contributed by atoms with van der Waals surface area (Å²) >= 11 is 33.9. The van der Waals surface area contributed by atoms with E-state index >= 15 is 0 Å². The van der Waals surface area contributed by atoms with Crippen LogP contribution < -0.4 is 5.32 Å². The van der Waals surface area contributed by atoms with Crippen LogP contribution in [0.25, 0.3) is 0 Å². The normalized spacial score (nSPS) is 31.3. The Hall–Kier alpha value is 0.0300. The first-order chi connectivity index (χ1) is 13.5. The highest BCUT2D eigenvalue weighted by molar-refractivity contribution is 6.76. The Labute approximate surface area is 202 Å². The van der Waals surface area contributed by atoms with Crippen molar-refractivity contribution in [3.63, 3.8) is 0 Å². The fraction of sp³-hybridized carbons (Fsp3) is 0.800. The number of fused-ring (bicyclic) bond motifs is 1. The third-order valence-corrected chi connectivity index (χ3v) is 5.04. The van der Waals surface area contributed by atoms with Crippen LogP contribution in [-0.4, -0.2) is 68.4 Å². The molecule has 2 rings (SSSR count). The molecule has 2 heterocycles. The molecule has 30 heavy (non-hydrogen) atoms. The minimum absolute atomic E-state index is 0.0154. The Balaban J connectivity index is 2.42. The fourth-order valence-corrected chi connectivity index (χ4v) is 3.12. The van der Waals surface area contributed by atoms with Crippen molar-refractivity contribution >= 4 is 87.4 Å². The molecule has 0 saturated carbocycles. The van der Waals surface area contributed by atoms with E-state index in [9.17, 15) is 9.59 Å². The van der Waals surface area contributed by atoms with Crippen molar-refractivity contribution in [2.75, 3.05) is 6.61 Å². The molecule has 15 heteroatoms. The molecule has 2 N–H and O–H groups in total. The van der Waals surface area contributed by atoms with Gasteiger partial charge in [-0.3, -0.25) is 15.0 Å². The average Bonchev–Trinajstić information content (AvgIpc) is 2.55. The van der Waals surface area contributed by atoms with Crippen LogP contribution in [-0.2, 0) is 33.3 Å². The van der Waals surface area contributed by atoms with Crippen LogP contribution in [0.1, 0.15) is 20.8 Å². The SMILES string of the molecule is CC(=O)O[C@H]1[C@@H]2OC(C)(C)OC[C@H]2OC(OC(=N)C(Cl)(Cl)Cl)[C@@H]1NC(=O)C(Cl)(Cl)Cl. The first kappa shape index (κ1) is 26.3. The summed E-state index contributed by atoms with van der Waals surface area (Å²) in [5.74, 6) is -3.64. The molecule has 9 nitrogen and oxygen atoms in total. The van der Waals surface area contributed by atoms with E-state index in [4.69, 9.17) is 98.7 Å². The Kier molecular flexibility index (Phi) is 8.31. The van der Waals surface area contributed by atoms with Crippen molar-refractivity contribution in [3.05, 3.63) is 0 Å². The lowest BCUT2D eigenvalue weighted by atomic mass is 9.95. The van der Waals surface area contributed by atoms with Crippen LogP contribution in [0.3, 0.4) is 0 Å². The predicted octanol–water partition coefficient (Wildman–Crippen LogP) is 3.01. The highest BCUT2D eigenvalue weighted by Crippen LogP contribution is 2.37. The molecule has 2 saturated heterocycles. The van der Waals surface area contributed by atoms with Crippen molar-refractivity contribution in [1.82, 2.24) is 5.32 Å². The number of nitrogens with one attached hydrogen (secondary N) is 2. The predicted molar refractivity (Wildman–Crippen MR) is 110 cm³/mol. The Bertz CT molecular complexity index is 696. The molecule has 1 amide bonds. The number of ether oxygens (including phenoxy) is 5. The van der Waals surface area contributed by atoms with E-state index in [2.05, 4.69) is 5.32 Å². The average molecular weight is 551 g/mol. The second-order valence-corrected chi connectivity index (χ2v) is 11.4. The highest BCUT2D eigenvalue weighted by Gasteiger charge is 2.55. The van der Waals surface area contributed by atoms with Gasteiger partial charge in [0.2, 0.25) is 12.2 Å². The number of rotatable bonds is 3. The molecule has 0 aliphatic carbocycles. The number of carbonyl (C=O) groups excluding carboxylic acids is 2. The van der Waals surface area contributed by atoms with Gasteiger partial charge in [-0.15, -0.1) is 0 Å². The van der Waals surface area contributed by atoms with Crippen molar-refractivity contribution in [2.24, 2.45) is 0 Å². The quantitative estimate of drug-likeness (QED) is 0.240. The monoisotopic (exact) mass is 548 g/mol. The van der Waals surface area contributed by atoms with Gasteiger partial charge in [0.25, 0.3) is 13.5 Å². The molecule has 0 aromatic rings. The molecule has 0 radical (unpaired) electrons. The van der Waals surface area contributed by atoms with E-state index in [1.165, 1.54) is 0 Å². The zero-order valence-corrected chi connectivity index (χ0v) is 20.3. The van der Waals surface area contributed by atoms with E-state index in [0.717, 1.165) is 6.92 Å². The summed E-state index contributed by atoms with van der Waals surface area (Å²) in [7, 11) is 0. The van der Waals surface area contributed by atoms with Crippen LogP contribution in [0.5, 0.6) is 0 Å². The van der Waals surface area contributed by atoms with Crippen molar-refractivity contribution in [1.29, 1.82) is 5.41 Å². The van der Waals surface area contributed by atoms with Gasteiger partial charge in [-0.05, 0) is 13.8 Å². The number of amides is 1. The zero-order chi connectivity index (χ0) is 23.1. The number of alkyl halides is 6. The third kappa shape index (κ3) is 6.76. The summed E-state index contributed by atoms with van der Waals surface area (Å²) in [4.78, 5) is 24.1. The molecule has 0 aromatic heterocycles. The molecule has 2 fully saturated rings. The summed E-state index contributed by atoms with van der Waals surface area (Å²) in [6, 6.07) is -1.31. The minimum atomic E-state index is -2.36. The molecule has 2 aliphatic rings. The molecule has 0 spiro atoms. The lowest BCUT2D eigenvalue weighted by molar-refractivity contribution is -0.363. The van der Waals surface area contributed by atoms with Gasteiger partial charge in [-0.1, -0.05) is 69.6 Å². The smallest absolute Gasteiger partial charge is 0.303 e. The molecule has 1 unspecified atom stereocenters. The van der Waals surface area contributed by atoms with E-state index in [0.29, 0.717) is 0 Å². The second-order valence-electron chi connectivity index (χ2n) is 6.85. The van der Waals surface area contributed by atoms with Gasteiger partial charge in [-0.25, -0.2) is 0 Å². The molecule has 172 valence electrons. The summed E-state index contributed by atoms with van der Waals surface area (Å²) in [6.45, 7) is 4.46. The maximum Gasteiger partial charge on any atom is 0.303 e. The first-order valence-corrected chi connectivity index (χ1v) is 10.6. The summed E-state index contributed by atoms with van der Waals surface area (Å²) in [5.41, 5.74) is 0. The van der Waals surface area contributed by atoms with Gasteiger partial charge in [0.05, 0.1) is 6.61 Å². The van der Waals surface area contributed by atoms with Gasteiger partial charge >= 0.3 is 5.97 Å². The molecule has 2 aliphatic heterocycles. The lowest BCUT2D eigenvalue weighted by Gasteiger charge is -2.50. The van der Waals surface area contributed by atoms with E-state index < -0.39 is 61.8 Å². The van der Waals surface area contributed by atoms with Gasteiger partial charge in [0, 0.05) is 6.92 Å². The minimum Gasteiger partial charge on any atom is -0.457 e. The Morgan fingerprint density at radius 2 is 1.70 bits per heavy atom. The number of hydrogen-bond acceptors (Lipinski definition) is 8. The van der Waals surface area contributed by atoms with Crippen molar-refractivity contribution < 1.29 is 33.3 Å². The van der Waals surface area contributed by atoms with Crippen LogP contribution in [0, 0.1) is 5.41 Å². The number of carbonyl (C=O) groups is 2. The van der Waals surface area contributed by atoms with Crippen molar-refractivity contribution in [3.8, 4) is 0 Å².